The van der Waals surface area contributed by atoms with Gasteiger partial charge in [0, 0.05) is 23.0 Å². The van der Waals surface area contributed by atoms with Crippen molar-refractivity contribution in [2.75, 3.05) is 12.4 Å². The number of rotatable bonds is 6. The predicted molar refractivity (Wildman–Crippen MR) is 110 cm³/mol. The van der Waals surface area contributed by atoms with E-state index in [1.54, 1.807) is 18.2 Å². The number of anilines is 1. The molecule has 0 heterocycles. The molecular weight excluding hydrogens is 426 g/mol. The fourth-order valence-corrected chi connectivity index (χ4v) is 2.79. The lowest BCUT2D eigenvalue weighted by molar-refractivity contribution is -0.124. The molecule has 7 nitrogen and oxygen atoms in total. The molecule has 0 saturated carbocycles. The van der Waals surface area contributed by atoms with Gasteiger partial charge in [0.05, 0.1) is 12.7 Å². The molecule has 0 unspecified atom stereocenters. The van der Waals surface area contributed by atoms with Gasteiger partial charge in [-0.05, 0) is 49.2 Å². The van der Waals surface area contributed by atoms with Crippen LogP contribution >= 0.6 is 15.9 Å². The number of nitrogens with one attached hydrogen (secondary N) is 3. The van der Waals surface area contributed by atoms with Crippen molar-refractivity contribution in [3.63, 3.8) is 0 Å². The summed E-state index contributed by atoms with van der Waals surface area (Å²) in [4.78, 5) is 36.2. The molecule has 0 fully saturated rings. The third kappa shape index (κ3) is 6.09. The summed E-state index contributed by atoms with van der Waals surface area (Å²) in [6.07, 6.45) is -0.0676. The summed E-state index contributed by atoms with van der Waals surface area (Å²) in [5, 5.41) is 2.79. The molecule has 0 atom stereocenters. The molecule has 28 heavy (non-hydrogen) atoms. The normalized spacial score (nSPS) is 10.1. The summed E-state index contributed by atoms with van der Waals surface area (Å²) in [6.45, 7) is 3.83. The Bertz CT molecular complexity index is 899. The lowest BCUT2D eigenvalue weighted by Gasteiger charge is -2.11. The Labute approximate surface area is 171 Å². The first-order chi connectivity index (χ1) is 13.3. The average molecular weight is 448 g/mol. The monoisotopic (exact) mass is 447 g/mol. The molecule has 0 aromatic heterocycles. The smallest absolute Gasteiger partial charge is 0.273 e. The van der Waals surface area contributed by atoms with Crippen molar-refractivity contribution in [3.05, 3.63) is 57.6 Å². The Balaban J connectivity index is 1.82. The standard InChI is InChI=1S/C20H22BrN3O4/c1-12-4-5-13(2)16(10-12)22-18(25)8-9-19(26)23-24-20(27)15-11-14(21)6-7-17(15)28-3/h4-7,10-11H,8-9H2,1-3H3,(H,22,25)(H,23,26)(H,24,27). The molecule has 8 heteroatoms. The zero-order valence-corrected chi connectivity index (χ0v) is 17.5. The van der Waals surface area contributed by atoms with Crippen molar-refractivity contribution in [3.8, 4) is 5.75 Å². The van der Waals surface area contributed by atoms with E-state index in [1.165, 1.54) is 7.11 Å². The van der Waals surface area contributed by atoms with Crippen molar-refractivity contribution in [2.45, 2.75) is 26.7 Å². The number of hydrogen-bond acceptors (Lipinski definition) is 4. The number of benzene rings is 2. The number of carbonyl (C=O) groups excluding carboxylic acids is 3. The lowest BCUT2D eigenvalue weighted by Crippen LogP contribution is -2.42. The Hall–Kier alpha value is -2.87. The Morgan fingerprint density at radius 2 is 1.68 bits per heavy atom. The minimum absolute atomic E-state index is 0.00467. The lowest BCUT2D eigenvalue weighted by atomic mass is 10.1. The van der Waals surface area contributed by atoms with Crippen LogP contribution in [0.5, 0.6) is 5.75 Å². The van der Waals surface area contributed by atoms with Crippen LogP contribution in [-0.2, 0) is 9.59 Å². The molecule has 3 amide bonds. The van der Waals surface area contributed by atoms with Crippen LogP contribution in [0.25, 0.3) is 0 Å². The van der Waals surface area contributed by atoms with Gasteiger partial charge < -0.3 is 10.1 Å². The van der Waals surface area contributed by atoms with E-state index >= 15 is 0 Å². The van der Waals surface area contributed by atoms with Gasteiger partial charge in [0.15, 0.2) is 0 Å². The molecule has 148 valence electrons. The van der Waals surface area contributed by atoms with E-state index in [2.05, 4.69) is 32.1 Å². The Kier molecular flexibility index (Phi) is 7.57. The van der Waals surface area contributed by atoms with Gasteiger partial charge >= 0.3 is 0 Å². The number of methoxy groups -OCH3 is 1. The number of hydrazine groups is 1. The van der Waals surface area contributed by atoms with Crippen molar-refractivity contribution in [1.82, 2.24) is 10.9 Å². The second kappa shape index (κ2) is 9.89. The molecule has 0 aliphatic rings. The van der Waals surface area contributed by atoms with E-state index in [1.807, 2.05) is 32.0 Å². The Morgan fingerprint density at radius 1 is 0.964 bits per heavy atom. The van der Waals surface area contributed by atoms with Crippen LogP contribution in [0.15, 0.2) is 40.9 Å². The first-order valence-corrected chi connectivity index (χ1v) is 9.39. The van der Waals surface area contributed by atoms with Gasteiger partial charge in [-0.2, -0.15) is 0 Å². The zero-order chi connectivity index (χ0) is 20.7. The second-order valence-corrected chi connectivity index (χ2v) is 7.13. The number of halogens is 1. The highest BCUT2D eigenvalue weighted by molar-refractivity contribution is 9.10. The highest BCUT2D eigenvalue weighted by atomic mass is 79.9. The van der Waals surface area contributed by atoms with Crippen molar-refractivity contribution >= 4 is 39.3 Å². The van der Waals surface area contributed by atoms with Gasteiger partial charge in [0.1, 0.15) is 5.75 Å². The molecule has 0 saturated heterocycles. The zero-order valence-electron chi connectivity index (χ0n) is 15.9. The van der Waals surface area contributed by atoms with Crippen LogP contribution in [-0.4, -0.2) is 24.8 Å². The minimum atomic E-state index is -0.522. The third-order valence-electron chi connectivity index (χ3n) is 3.97. The van der Waals surface area contributed by atoms with Crippen molar-refractivity contribution in [1.29, 1.82) is 0 Å². The molecule has 2 aromatic carbocycles. The number of amides is 3. The molecular formula is C20H22BrN3O4. The minimum Gasteiger partial charge on any atom is -0.496 e. The number of hydrogen-bond donors (Lipinski definition) is 3. The quantitative estimate of drug-likeness (QED) is 0.592. The van der Waals surface area contributed by atoms with E-state index in [9.17, 15) is 14.4 Å². The summed E-state index contributed by atoms with van der Waals surface area (Å²) < 4.78 is 5.84. The number of carbonyl (C=O) groups is 3. The van der Waals surface area contributed by atoms with E-state index in [0.717, 1.165) is 16.8 Å². The Morgan fingerprint density at radius 3 is 2.39 bits per heavy atom. The van der Waals surface area contributed by atoms with Crippen LogP contribution in [0.1, 0.15) is 34.3 Å². The molecule has 2 rings (SSSR count). The third-order valence-corrected chi connectivity index (χ3v) is 4.46. The second-order valence-electron chi connectivity index (χ2n) is 6.21. The molecule has 0 spiro atoms. The van der Waals surface area contributed by atoms with Gasteiger partial charge in [0.2, 0.25) is 11.8 Å². The van der Waals surface area contributed by atoms with Gasteiger partial charge in [-0.25, -0.2) is 0 Å². The van der Waals surface area contributed by atoms with Gasteiger partial charge in [0.25, 0.3) is 5.91 Å². The van der Waals surface area contributed by atoms with Crippen LogP contribution < -0.4 is 20.9 Å². The molecule has 0 radical (unpaired) electrons. The van der Waals surface area contributed by atoms with Crippen molar-refractivity contribution in [2.24, 2.45) is 0 Å². The van der Waals surface area contributed by atoms with Crippen LogP contribution in [0.3, 0.4) is 0 Å². The molecule has 0 aliphatic heterocycles. The average Bonchev–Trinajstić information content (AvgIpc) is 2.67. The summed E-state index contributed by atoms with van der Waals surface area (Å²) >= 11 is 3.28. The highest BCUT2D eigenvalue weighted by Gasteiger charge is 2.14. The van der Waals surface area contributed by atoms with Gasteiger partial charge in [-0.15, -0.1) is 0 Å². The summed E-state index contributed by atoms with van der Waals surface area (Å²) in [6, 6.07) is 10.7. The summed E-state index contributed by atoms with van der Waals surface area (Å²) in [5.41, 5.74) is 7.59. The van der Waals surface area contributed by atoms with E-state index in [4.69, 9.17) is 4.74 Å². The number of ether oxygens (including phenoxy) is 1. The maximum absolute atomic E-state index is 12.2. The van der Waals surface area contributed by atoms with E-state index < -0.39 is 11.8 Å². The van der Waals surface area contributed by atoms with E-state index in [0.29, 0.717) is 10.2 Å². The first-order valence-electron chi connectivity index (χ1n) is 8.60. The highest BCUT2D eigenvalue weighted by Crippen LogP contribution is 2.22. The van der Waals surface area contributed by atoms with Crippen LogP contribution in [0.4, 0.5) is 5.69 Å². The topological polar surface area (TPSA) is 96.5 Å². The summed E-state index contributed by atoms with van der Waals surface area (Å²) in [5.74, 6) is -0.892. The molecule has 0 aliphatic carbocycles. The van der Waals surface area contributed by atoms with Crippen molar-refractivity contribution < 1.29 is 19.1 Å². The largest absolute Gasteiger partial charge is 0.496 e. The predicted octanol–water partition coefficient (Wildman–Crippen LogP) is 3.25. The van der Waals surface area contributed by atoms with E-state index in [-0.39, 0.29) is 24.3 Å². The van der Waals surface area contributed by atoms with Crippen LogP contribution in [0, 0.1) is 13.8 Å². The maximum atomic E-state index is 12.2. The fraction of sp³-hybridized carbons (Fsp3) is 0.250. The van der Waals surface area contributed by atoms with Gasteiger partial charge in [-0.3, -0.25) is 25.2 Å². The number of aryl methyl sites for hydroxylation is 2. The SMILES string of the molecule is COc1ccc(Br)cc1C(=O)NNC(=O)CCC(=O)Nc1cc(C)ccc1C. The maximum Gasteiger partial charge on any atom is 0.273 e. The van der Waals surface area contributed by atoms with Crippen LogP contribution in [0.2, 0.25) is 0 Å². The molecule has 2 aromatic rings. The summed E-state index contributed by atoms with van der Waals surface area (Å²) in [7, 11) is 1.45. The molecule has 3 N–H and O–H groups in total. The fourth-order valence-electron chi connectivity index (χ4n) is 2.42. The first kappa shape index (κ1) is 21.4. The molecule has 0 bridgehead atoms. The van der Waals surface area contributed by atoms with Gasteiger partial charge in [-0.1, -0.05) is 28.1 Å².